The molecule has 2 atom stereocenters. The topological polar surface area (TPSA) is 37.4 Å². The van der Waals surface area contributed by atoms with Gasteiger partial charge in [-0.05, 0) is 29.7 Å². The molecule has 0 radical (unpaired) electrons. The minimum absolute atomic E-state index is 0.0358. The molecule has 2 aromatic carbocycles. The second kappa shape index (κ2) is 4.44. The van der Waals surface area contributed by atoms with Gasteiger partial charge in [-0.1, -0.05) is 57.2 Å². The number of hydrogen-bond donors (Lipinski definition) is 0. The predicted octanol–water partition coefficient (Wildman–Crippen LogP) is 4.16. The first-order valence-electron chi connectivity index (χ1n) is 8.24. The van der Waals surface area contributed by atoms with Crippen LogP contribution >= 0.6 is 0 Å². The van der Waals surface area contributed by atoms with Gasteiger partial charge in [-0.25, -0.2) is 4.90 Å². The fraction of sp³-hybridized carbons (Fsp3) is 0.400. The van der Waals surface area contributed by atoms with Crippen LogP contribution in [-0.2, 0) is 9.59 Å². The first-order valence-corrected chi connectivity index (χ1v) is 8.24. The van der Waals surface area contributed by atoms with E-state index in [1.807, 2.05) is 49.4 Å². The van der Waals surface area contributed by atoms with E-state index < -0.39 is 5.41 Å². The molecule has 0 aromatic heterocycles. The molecule has 2 aliphatic rings. The third kappa shape index (κ3) is 1.65. The molecule has 23 heavy (non-hydrogen) atoms. The van der Waals surface area contributed by atoms with Crippen LogP contribution in [0.1, 0.15) is 33.6 Å². The van der Waals surface area contributed by atoms with Crippen molar-refractivity contribution in [2.24, 2.45) is 16.7 Å². The fourth-order valence-electron chi connectivity index (χ4n) is 4.45. The third-order valence-electron chi connectivity index (χ3n) is 6.43. The summed E-state index contributed by atoms with van der Waals surface area (Å²) in [6, 6.07) is 13.7. The number of imide groups is 1. The Morgan fingerprint density at radius 1 is 1.00 bits per heavy atom. The van der Waals surface area contributed by atoms with E-state index in [4.69, 9.17) is 0 Å². The van der Waals surface area contributed by atoms with Gasteiger partial charge in [-0.3, -0.25) is 9.59 Å². The van der Waals surface area contributed by atoms with Crippen LogP contribution in [0.2, 0.25) is 0 Å². The maximum atomic E-state index is 13.3. The first kappa shape index (κ1) is 14.4. The molecule has 0 spiro atoms. The molecular formula is C20H21NO2. The van der Waals surface area contributed by atoms with Crippen molar-refractivity contribution in [3.8, 4) is 0 Å². The second-order valence-corrected chi connectivity index (χ2v) is 7.62. The minimum Gasteiger partial charge on any atom is -0.274 e. The van der Waals surface area contributed by atoms with Crippen molar-refractivity contribution in [1.29, 1.82) is 0 Å². The summed E-state index contributed by atoms with van der Waals surface area (Å²) in [7, 11) is 0. The smallest absolute Gasteiger partial charge is 0.240 e. The van der Waals surface area contributed by atoms with E-state index in [0.717, 1.165) is 29.3 Å². The Kier molecular flexibility index (Phi) is 2.78. The quantitative estimate of drug-likeness (QED) is 0.742. The second-order valence-electron chi connectivity index (χ2n) is 7.62. The lowest BCUT2D eigenvalue weighted by atomic mass is 9.62. The zero-order valence-electron chi connectivity index (χ0n) is 13.8. The van der Waals surface area contributed by atoms with Crippen molar-refractivity contribution in [3.63, 3.8) is 0 Å². The Hall–Kier alpha value is -2.16. The predicted molar refractivity (Wildman–Crippen MR) is 91.1 cm³/mol. The van der Waals surface area contributed by atoms with Gasteiger partial charge in [0, 0.05) is 11.3 Å². The molecule has 4 rings (SSSR count). The number of amides is 2. The lowest BCUT2D eigenvalue weighted by Crippen LogP contribution is -2.59. The van der Waals surface area contributed by atoms with Gasteiger partial charge in [-0.2, -0.15) is 0 Å². The van der Waals surface area contributed by atoms with Crippen LogP contribution in [-0.4, -0.2) is 11.8 Å². The van der Waals surface area contributed by atoms with Gasteiger partial charge >= 0.3 is 0 Å². The number of hydrogen-bond acceptors (Lipinski definition) is 2. The monoisotopic (exact) mass is 307 g/mol. The van der Waals surface area contributed by atoms with Gasteiger partial charge in [0.25, 0.3) is 0 Å². The van der Waals surface area contributed by atoms with Gasteiger partial charge in [0.1, 0.15) is 0 Å². The molecule has 2 bridgehead atoms. The fourth-order valence-corrected chi connectivity index (χ4v) is 4.45. The molecule has 2 aromatic rings. The Bertz CT molecular complexity index is 833. The zero-order valence-corrected chi connectivity index (χ0v) is 13.8. The number of fused-ring (bicyclic) bond motifs is 3. The average Bonchev–Trinajstić information content (AvgIpc) is 2.72. The highest BCUT2D eigenvalue weighted by Crippen LogP contribution is 2.60. The molecule has 1 aliphatic carbocycles. The SMILES string of the molecule is CC1(C)C2CC[C@@]1(C)C(=O)N(c1cccc3ccccc13)C2=O. The first-order chi connectivity index (χ1) is 10.9. The Balaban J connectivity index is 1.93. The van der Waals surface area contributed by atoms with Crippen molar-refractivity contribution >= 4 is 28.3 Å². The average molecular weight is 307 g/mol. The molecule has 118 valence electrons. The van der Waals surface area contributed by atoms with Crippen LogP contribution in [0.5, 0.6) is 0 Å². The summed E-state index contributed by atoms with van der Waals surface area (Å²) in [4.78, 5) is 27.8. The lowest BCUT2D eigenvalue weighted by molar-refractivity contribution is -0.146. The number of benzene rings is 2. The Morgan fingerprint density at radius 2 is 1.70 bits per heavy atom. The van der Waals surface area contributed by atoms with E-state index in [1.165, 1.54) is 4.90 Å². The number of rotatable bonds is 1. The van der Waals surface area contributed by atoms with E-state index in [-0.39, 0.29) is 23.1 Å². The molecule has 1 aliphatic heterocycles. The normalized spacial score (nSPS) is 29.3. The minimum atomic E-state index is -0.470. The van der Waals surface area contributed by atoms with Gasteiger partial charge in [0.2, 0.25) is 11.8 Å². The van der Waals surface area contributed by atoms with Crippen molar-refractivity contribution in [2.45, 2.75) is 33.6 Å². The van der Waals surface area contributed by atoms with Crippen molar-refractivity contribution in [1.82, 2.24) is 0 Å². The van der Waals surface area contributed by atoms with Crippen molar-refractivity contribution in [2.75, 3.05) is 4.90 Å². The van der Waals surface area contributed by atoms with Gasteiger partial charge < -0.3 is 0 Å². The molecule has 1 saturated heterocycles. The molecule has 1 unspecified atom stereocenters. The van der Waals surface area contributed by atoms with Crippen LogP contribution in [0.4, 0.5) is 5.69 Å². The number of anilines is 1. The lowest BCUT2D eigenvalue weighted by Gasteiger charge is -2.47. The number of carbonyl (C=O) groups is 2. The molecule has 1 saturated carbocycles. The van der Waals surface area contributed by atoms with E-state index >= 15 is 0 Å². The number of carbonyl (C=O) groups excluding carboxylic acids is 2. The molecule has 2 fully saturated rings. The molecule has 0 N–H and O–H groups in total. The van der Waals surface area contributed by atoms with Gasteiger partial charge in [0.05, 0.1) is 11.1 Å². The molecule has 3 heteroatoms. The maximum Gasteiger partial charge on any atom is 0.240 e. The van der Waals surface area contributed by atoms with E-state index in [2.05, 4.69) is 13.8 Å². The van der Waals surface area contributed by atoms with Gasteiger partial charge in [-0.15, -0.1) is 0 Å². The standard InChI is InChI=1S/C20H21NO2/c1-19(2)15-11-12-20(19,3)18(23)21(17(15)22)16-10-6-8-13-7-4-5-9-14(13)16/h4-10,15H,11-12H2,1-3H3/t15?,20-/m0/s1. The summed E-state index contributed by atoms with van der Waals surface area (Å²) in [6.45, 7) is 6.17. The maximum absolute atomic E-state index is 13.3. The highest BCUT2D eigenvalue weighted by atomic mass is 16.2. The summed E-state index contributed by atoms with van der Waals surface area (Å²) in [5.41, 5.74) is -0.0168. The number of nitrogens with zero attached hydrogens (tertiary/aromatic N) is 1. The Morgan fingerprint density at radius 3 is 2.48 bits per heavy atom. The van der Waals surface area contributed by atoms with Crippen LogP contribution < -0.4 is 4.90 Å². The Labute approximate surface area is 136 Å². The molecule has 3 nitrogen and oxygen atoms in total. The summed E-state index contributed by atoms with van der Waals surface area (Å²) in [6.07, 6.45) is 1.59. The van der Waals surface area contributed by atoms with Crippen LogP contribution in [0, 0.1) is 16.7 Å². The summed E-state index contributed by atoms with van der Waals surface area (Å²) < 4.78 is 0. The molecular weight excluding hydrogens is 286 g/mol. The third-order valence-corrected chi connectivity index (χ3v) is 6.43. The highest BCUT2D eigenvalue weighted by Gasteiger charge is 2.64. The van der Waals surface area contributed by atoms with E-state index in [9.17, 15) is 9.59 Å². The van der Waals surface area contributed by atoms with Crippen LogP contribution in [0.15, 0.2) is 42.5 Å². The molecule has 1 heterocycles. The van der Waals surface area contributed by atoms with E-state index in [1.54, 1.807) is 0 Å². The largest absolute Gasteiger partial charge is 0.274 e. The van der Waals surface area contributed by atoms with E-state index in [0.29, 0.717) is 0 Å². The van der Waals surface area contributed by atoms with Crippen LogP contribution in [0.3, 0.4) is 0 Å². The highest BCUT2D eigenvalue weighted by molar-refractivity contribution is 6.23. The summed E-state index contributed by atoms with van der Waals surface area (Å²) >= 11 is 0. The van der Waals surface area contributed by atoms with Crippen molar-refractivity contribution in [3.05, 3.63) is 42.5 Å². The van der Waals surface area contributed by atoms with Gasteiger partial charge in [0.15, 0.2) is 0 Å². The zero-order chi connectivity index (χ0) is 16.4. The number of piperidine rings is 1. The summed E-state index contributed by atoms with van der Waals surface area (Å²) in [5.74, 6) is -0.159. The van der Waals surface area contributed by atoms with Crippen molar-refractivity contribution < 1.29 is 9.59 Å². The van der Waals surface area contributed by atoms with Crippen LogP contribution in [0.25, 0.3) is 10.8 Å². The molecule has 2 amide bonds. The summed E-state index contributed by atoms with van der Waals surface area (Å²) in [5, 5.41) is 2.01.